The van der Waals surface area contributed by atoms with E-state index in [9.17, 15) is 24.9 Å². The molecule has 0 spiro atoms. The van der Waals surface area contributed by atoms with Crippen LogP contribution in [-0.4, -0.2) is 64.5 Å². The molecule has 2 aliphatic carbocycles. The minimum atomic E-state index is -0.878. The molecular weight excluding hydrogens is 562 g/mol. The number of allylic oxidation sites excluding steroid dienone is 1. The lowest BCUT2D eigenvalue weighted by Gasteiger charge is -2.36. The van der Waals surface area contributed by atoms with Gasteiger partial charge in [0.2, 0.25) is 11.8 Å². The van der Waals surface area contributed by atoms with Crippen LogP contribution >= 0.6 is 15.9 Å². The molecule has 39 heavy (non-hydrogen) atoms. The average Bonchev–Trinajstić information content (AvgIpc) is 3.18. The lowest BCUT2D eigenvalue weighted by atomic mass is 9.68. The third kappa shape index (κ3) is 6.50. The van der Waals surface area contributed by atoms with Crippen molar-refractivity contribution in [3.05, 3.63) is 45.0 Å². The molecule has 0 unspecified atom stereocenters. The predicted octanol–water partition coefficient (Wildman–Crippen LogP) is 5.37. The van der Waals surface area contributed by atoms with Crippen molar-refractivity contribution in [2.24, 2.45) is 17.8 Å². The molecule has 1 heterocycles. The topological polar surface area (TPSA) is 107 Å². The van der Waals surface area contributed by atoms with Crippen LogP contribution in [0.1, 0.15) is 76.7 Å². The monoisotopic (exact) mass is 603 g/mol. The van der Waals surface area contributed by atoms with Gasteiger partial charge in [-0.15, -0.1) is 0 Å². The normalized spacial score (nSPS) is 25.4. The van der Waals surface area contributed by atoms with E-state index in [0.717, 1.165) is 60.6 Å². The number of amides is 2. The lowest BCUT2D eigenvalue weighted by molar-refractivity contribution is -0.143. The zero-order valence-electron chi connectivity index (χ0n) is 23.1. The van der Waals surface area contributed by atoms with Gasteiger partial charge in [0, 0.05) is 29.1 Å². The van der Waals surface area contributed by atoms with Crippen LogP contribution in [0.5, 0.6) is 5.75 Å². The zero-order chi connectivity index (χ0) is 28.1. The van der Waals surface area contributed by atoms with Crippen molar-refractivity contribution in [3.8, 4) is 5.75 Å². The number of halogens is 1. The number of imide groups is 1. The van der Waals surface area contributed by atoms with Gasteiger partial charge < -0.3 is 20.1 Å². The van der Waals surface area contributed by atoms with Gasteiger partial charge in [-0.1, -0.05) is 60.2 Å². The van der Waals surface area contributed by atoms with Gasteiger partial charge in [0.25, 0.3) is 0 Å². The van der Waals surface area contributed by atoms with Crippen LogP contribution in [0.4, 0.5) is 0 Å². The lowest BCUT2D eigenvalue weighted by Crippen LogP contribution is -2.42. The molecule has 8 heteroatoms. The summed E-state index contributed by atoms with van der Waals surface area (Å²) in [5.41, 5.74) is 3.30. The van der Waals surface area contributed by atoms with Gasteiger partial charge in [0.1, 0.15) is 5.75 Å². The van der Waals surface area contributed by atoms with Crippen LogP contribution in [-0.2, 0) is 14.3 Å². The van der Waals surface area contributed by atoms with E-state index in [1.165, 1.54) is 4.90 Å². The maximum Gasteiger partial charge on any atom is 0.234 e. The largest absolute Gasteiger partial charge is 0.507 e. The van der Waals surface area contributed by atoms with Crippen LogP contribution in [0, 0.1) is 17.8 Å². The molecule has 3 aliphatic rings. The highest BCUT2D eigenvalue weighted by atomic mass is 79.9. The van der Waals surface area contributed by atoms with Crippen molar-refractivity contribution in [1.29, 1.82) is 0 Å². The summed E-state index contributed by atoms with van der Waals surface area (Å²) in [6.45, 7) is 2.04. The Bertz CT molecular complexity index is 1110. The number of likely N-dealkylation sites (tertiary alicyclic amines) is 1. The maximum absolute atomic E-state index is 13.7. The third-order valence-electron chi connectivity index (χ3n) is 8.69. The minimum Gasteiger partial charge on any atom is -0.507 e. The van der Waals surface area contributed by atoms with Gasteiger partial charge in [0.15, 0.2) is 0 Å². The van der Waals surface area contributed by atoms with Crippen LogP contribution in [0.2, 0.25) is 0 Å². The first-order chi connectivity index (χ1) is 18.8. The number of ether oxygens (including phenoxy) is 1. The summed E-state index contributed by atoms with van der Waals surface area (Å²) in [6.07, 6.45) is 9.06. The number of aliphatic hydroxyl groups is 2. The summed E-state index contributed by atoms with van der Waals surface area (Å²) < 4.78 is 6.34. The Balaban J connectivity index is 1.58. The van der Waals surface area contributed by atoms with E-state index >= 15 is 0 Å². The number of hydrogen-bond acceptors (Lipinski definition) is 6. The number of phenolic OH excluding ortho intramolecular Hbond substituents is 1. The van der Waals surface area contributed by atoms with Gasteiger partial charge in [0.05, 0.1) is 31.2 Å². The van der Waals surface area contributed by atoms with E-state index < -0.39 is 23.9 Å². The van der Waals surface area contributed by atoms with Crippen LogP contribution in [0.15, 0.2) is 39.4 Å². The van der Waals surface area contributed by atoms with Crippen molar-refractivity contribution >= 4 is 33.8 Å². The number of carbonyl (C=O) groups excluding carboxylic acids is 2. The number of aromatic hydroxyl groups is 1. The van der Waals surface area contributed by atoms with Crippen molar-refractivity contribution < 1.29 is 29.6 Å². The second kappa shape index (κ2) is 13.6. The smallest absolute Gasteiger partial charge is 0.234 e. The van der Waals surface area contributed by atoms with Crippen molar-refractivity contribution in [2.45, 2.75) is 83.3 Å². The number of carbonyl (C=O) groups is 2. The van der Waals surface area contributed by atoms with E-state index in [0.29, 0.717) is 30.4 Å². The number of fused-ring (bicyclic) bond motifs is 1. The number of methoxy groups -OCH3 is 1. The van der Waals surface area contributed by atoms with Crippen LogP contribution < -0.4 is 0 Å². The molecule has 0 bridgehead atoms. The highest BCUT2D eigenvalue weighted by Crippen LogP contribution is 2.47. The highest BCUT2D eigenvalue weighted by molar-refractivity contribution is 9.10. The SMILES string of the molecule is CCC/C(=C\c1cc(Br)ccc1O)CC[C@@H](O)C1=C(COC)C[C@H]2C(=O)N(C3CCCCC3)C(=O)[C@H]2[C@H]1CO. The number of benzene rings is 1. The standard InChI is InChI=1S/C31H42BrNO6/c1-3-7-19(14-20-15-22(32)11-13-26(20)35)10-12-27(36)28-21(18-39-2)16-24-29(25(28)17-34)31(38)33(30(24)37)23-8-5-4-6-9-23/h11,13-15,23-25,27,29,34-36H,3-10,12,16-18H2,1-2H3/b19-14+/t24-,25+,27-,29-/m1/s1. The maximum atomic E-state index is 13.7. The first kappa shape index (κ1) is 30.0. The first-order valence-electron chi connectivity index (χ1n) is 14.3. The molecule has 1 aromatic rings. The Morgan fingerprint density at radius 3 is 2.59 bits per heavy atom. The van der Waals surface area contributed by atoms with E-state index in [1.54, 1.807) is 19.2 Å². The minimum absolute atomic E-state index is 0.0564. The molecular formula is C31H42BrNO6. The average molecular weight is 605 g/mol. The summed E-state index contributed by atoms with van der Waals surface area (Å²) in [5, 5.41) is 32.4. The molecule has 1 aromatic carbocycles. The van der Waals surface area contributed by atoms with Gasteiger partial charge in [-0.25, -0.2) is 0 Å². The number of aliphatic hydroxyl groups excluding tert-OH is 2. The summed E-state index contributed by atoms with van der Waals surface area (Å²) in [6, 6.07) is 5.25. The quantitative estimate of drug-likeness (QED) is 0.232. The molecule has 7 nitrogen and oxygen atoms in total. The van der Waals surface area contributed by atoms with Crippen LogP contribution in [0.3, 0.4) is 0 Å². The van der Waals surface area contributed by atoms with Gasteiger partial charge in [-0.05, 0) is 67.9 Å². The fourth-order valence-electron chi connectivity index (χ4n) is 6.92. The Kier molecular flexibility index (Phi) is 10.4. The summed E-state index contributed by atoms with van der Waals surface area (Å²) in [4.78, 5) is 28.7. The van der Waals surface area contributed by atoms with Gasteiger partial charge in [-0.3, -0.25) is 14.5 Å². The van der Waals surface area contributed by atoms with E-state index in [1.807, 2.05) is 12.1 Å². The molecule has 1 saturated carbocycles. The number of rotatable bonds is 11. The Morgan fingerprint density at radius 2 is 1.92 bits per heavy atom. The molecule has 4 atom stereocenters. The molecule has 2 fully saturated rings. The van der Waals surface area contributed by atoms with Crippen LogP contribution in [0.25, 0.3) is 6.08 Å². The summed E-state index contributed by atoms with van der Waals surface area (Å²) >= 11 is 3.46. The zero-order valence-corrected chi connectivity index (χ0v) is 24.7. The number of nitrogens with zero attached hydrogens (tertiary/aromatic N) is 1. The molecule has 2 amide bonds. The third-order valence-corrected chi connectivity index (χ3v) is 9.18. The van der Waals surface area contributed by atoms with Gasteiger partial charge in [-0.2, -0.15) is 0 Å². The van der Waals surface area contributed by atoms with Crippen molar-refractivity contribution in [2.75, 3.05) is 20.3 Å². The second-order valence-electron chi connectivity index (χ2n) is 11.3. The van der Waals surface area contributed by atoms with Crippen molar-refractivity contribution in [1.82, 2.24) is 4.90 Å². The molecule has 3 N–H and O–H groups in total. The Hall–Kier alpha value is -2.00. The molecule has 0 aromatic heterocycles. The number of hydrogen-bond donors (Lipinski definition) is 3. The highest BCUT2D eigenvalue weighted by Gasteiger charge is 2.56. The molecule has 1 aliphatic heterocycles. The Labute approximate surface area is 240 Å². The molecule has 214 valence electrons. The van der Waals surface area contributed by atoms with Gasteiger partial charge >= 0.3 is 0 Å². The molecule has 4 rings (SSSR count). The summed E-state index contributed by atoms with van der Waals surface area (Å²) in [7, 11) is 1.58. The number of phenols is 1. The molecule has 0 radical (unpaired) electrons. The first-order valence-corrected chi connectivity index (χ1v) is 15.1. The predicted molar refractivity (Wildman–Crippen MR) is 154 cm³/mol. The van der Waals surface area contributed by atoms with Crippen molar-refractivity contribution in [3.63, 3.8) is 0 Å². The fraction of sp³-hybridized carbons (Fsp3) is 0.613. The van der Waals surface area contributed by atoms with E-state index in [4.69, 9.17) is 4.74 Å². The fourth-order valence-corrected chi connectivity index (χ4v) is 7.30. The Morgan fingerprint density at radius 1 is 1.18 bits per heavy atom. The molecule has 1 saturated heterocycles. The van der Waals surface area contributed by atoms with E-state index in [2.05, 4.69) is 22.9 Å². The van der Waals surface area contributed by atoms with E-state index in [-0.39, 0.29) is 36.8 Å². The summed E-state index contributed by atoms with van der Waals surface area (Å²) in [5.74, 6) is -1.87. The second-order valence-corrected chi connectivity index (χ2v) is 12.2.